The molecule has 0 N–H and O–H groups in total. The average Bonchev–Trinajstić information content (AvgIpc) is 2.47. The Labute approximate surface area is 131 Å². The molecule has 0 aliphatic carbocycles. The van der Waals surface area contributed by atoms with Gasteiger partial charge in [-0.15, -0.1) is 0 Å². The average molecular weight is 327 g/mol. The van der Waals surface area contributed by atoms with Gasteiger partial charge in [-0.3, -0.25) is 0 Å². The Balaban J connectivity index is 2.35. The minimum Gasteiger partial charge on any atom is -0.459 e. The van der Waals surface area contributed by atoms with Gasteiger partial charge in [0.05, 0.1) is 29.8 Å². The van der Waals surface area contributed by atoms with Gasteiger partial charge in [-0.05, 0) is 38.5 Å². The van der Waals surface area contributed by atoms with Crippen LogP contribution in [0.2, 0.25) is 0 Å². The summed E-state index contributed by atoms with van der Waals surface area (Å²) in [7, 11) is -3.63. The van der Waals surface area contributed by atoms with E-state index in [0.717, 1.165) is 0 Å². The molecule has 1 aliphatic heterocycles. The van der Waals surface area contributed by atoms with Crippen molar-refractivity contribution in [3.63, 3.8) is 0 Å². The number of morpholine rings is 1. The number of carbonyl (C=O) groups excluding carboxylic acids is 1. The summed E-state index contributed by atoms with van der Waals surface area (Å²) in [5, 5.41) is 0. The molecule has 0 radical (unpaired) electrons. The van der Waals surface area contributed by atoms with E-state index in [4.69, 9.17) is 9.47 Å². The quantitative estimate of drug-likeness (QED) is 0.785. The number of esters is 1. The lowest BCUT2D eigenvalue weighted by Crippen LogP contribution is -2.40. The van der Waals surface area contributed by atoms with Crippen molar-refractivity contribution in [3.8, 4) is 0 Å². The van der Waals surface area contributed by atoms with E-state index in [2.05, 4.69) is 0 Å². The van der Waals surface area contributed by atoms with Gasteiger partial charge in [0.1, 0.15) is 0 Å². The summed E-state index contributed by atoms with van der Waals surface area (Å²) in [6, 6.07) is 4.60. The molecule has 7 heteroatoms. The van der Waals surface area contributed by atoms with E-state index in [1.165, 1.54) is 10.4 Å². The smallest absolute Gasteiger partial charge is 0.338 e. The summed E-state index contributed by atoms with van der Waals surface area (Å²) in [6.45, 7) is 6.62. The van der Waals surface area contributed by atoms with Crippen molar-refractivity contribution >= 4 is 16.0 Å². The summed E-state index contributed by atoms with van der Waals surface area (Å²) < 4.78 is 37.1. The van der Waals surface area contributed by atoms with Crippen LogP contribution < -0.4 is 0 Å². The Hall–Kier alpha value is -1.44. The predicted octanol–water partition coefficient (Wildman–Crippen LogP) is 1.58. The first-order valence-electron chi connectivity index (χ1n) is 7.22. The highest BCUT2D eigenvalue weighted by Crippen LogP contribution is 2.22. The Kier molecular flexibility index (Phi) is 5.20. The first-order chi connectivity index (χ1) is 10.3. The largest absolute Gasteiger partial charge is 0.459 e. The molecule has 0 aromatic heterocycles. The molecule has 22 heavy (non-hydrogen) atoms. The number of carbonyl (C=O) groups is 1. The van der Waals surface area contributed by atoms with Gasteiger partial charge in [0.25, 0.3) is 0 Å². The van der Waals surface area contributed by atoms with E-state index in [1.807, 2.05) is 0 Å². The number of rotatable bonds is 4. The Bertz CT molecular complexity index is 648. The molecule has 0 unspecified atom stereocenters. The van der Waals surface area contributed by atoms with E-state index in [0.29, 0.717) is 31.9 Å². The second kappa shape index (κ2) is 6.76. The van der Waals surface area contributed by atoms with Crippen LogP contribution in [0.25, 0.3) is 0 Å². The van der Waals surface area contributed by atoms with Crippen LogP contribution in [0.3, 0.4) is 0 Å². The van der Waals surface area contributed by atoms with Crippen molar-refractivity contribution in [2.45, 2.75) is 31.8 Å². The summed E-state index contributed by atoms with van der Waals surface area (Å²) in [4.78, 5) is 12.1. The molecular formula is C15H21NO5S. The van der Waals surface area contributed by atoms with Gasteiger partial charge in [0, 0.05) is 13.1 Å². The molecule has 1 aliphatic rings. The first-order valence-corrected chi connectivity index (χ1v) is 8.66. The van der Waals surface area contributed by atoms with Crippen molar-refractivity contribution in [2.75, 3.05) is 26.3 Å². The number of nitrogens with zero attached hydrogens (tertiary/aromatic N) is 1. The SMILES string of the molecule is Cc1ccc(C(=O)OC(C)C)cc1S(=O)(=O)N1CCOCC1. The van der Waals surface area contributed by atoms with Crippen LogP contribution >= 0.6 is 0 Å². The third-order valence-electron chi connectivity index (χ3n) is 3.35. The molecule has 1 aromatic carbocycles. The maximum atomic E-state index is 12.7. The fourth-order valence-electron chi connectivity index (χ4n) is 2.21. The number of hydrogen-bond acceptors (Lipinski definition) is 5. The molecule has 0 saturated carbocycles. The highest BCUT2D eigenvalue weighted by molar-refractivity contribution is 7.89. The Morgan fingerprint density at radius 3 is 2.50 bits per heavy atom. The molecule has 1 aromatic rings. The zero-order valence-electron chi connectivity index (χ0n) is 13.0. The van der Waals surface area contributed by atoms with Crippen molar-refractivity contribution in [2.24, 2.45) is 0 Å². The minimum atomic E-state index is -3.63. The number of hydrogen-bond donors (Lipinski definition) is 0. The zero-order valence-corrected chi connectivity index (χ0v) is 13.9. The number of ether oxygens (including phenoxy) is 2. The van der Waals surface area contributed by atoms with Crippen LogP contribution in [0.15, 0.2) is 23.1 Å². The fraction of sp³-hybridized carbons (Fsp3) is 0.533. The lowest BCUT2D eigenvalue weighted by atomic mass is 10.1. The number of sulfonamides is 1. The molecule has 1 fully saturated rings. The molecule has 0 atom stereocenters. The van der Waals surface area contributed by atoms with Crippen LogP contribution in [0, 0.1) is 6.92 Å². The van der Waals surface area contributed by atoms with Gasteiger partial charge in [-0.2, -0.15) is 4.31 Å². The maximum absolute atomic E-state index is 12.7. The lowest BCUT2D eigenvalue weighted by Gasteiger charge is -2.26. The molecule has 0 spiro atoms. The maximum Gasteiger partial charge on any atom is 0.338 e. The monoisotopic (exact) mass is 327 g/mol. The fourth-order valence-corrected chi connectivity index (χ4v) is 3.87. The van der Waals surface area contributed by atoms with Crippen molar-refractivity contribution in [1.29, 1.82) is 0 Å². The topological polar surface area (TPSA) is 72.9 Å². The van der Waals surface area contributed by atoms with Crippen molar-refractivity contribution in [3.05, 3.63) is 29.3 Å². The van der Waals surface area contributed by atoms with E-state index >= 15 is 0 Å². The van der Waals surface area contributed by atoms with Gasteiger partial charge >= 0.3 is 5.97 Å². The second-order valence-electron chi connectivity index (χ2n) is 5.45. The van der Waals surface area contributed by atoms with Crippen LogP contribution in [0.1, 0.15) is 29.8 Å². The van der Waals surface area contributed by atoms with Gasteiger partial charge in [0.2, 0.25) is 10.0 Å². The van der Waals surface area contributed by atoms with Crippen molar-refractivity contribution < 1.29 is 22.7 Å². The number of benzene rings is 1. The summed E-state index contributed by atoms with van der Waals surface area (Å²) in [6.07, 6.45) is -0.256. The van der Waals surface area contributed by atoms with E-state index in [-0.39, 0.29) is 16.6 Å². The van der Waals surface area contributed by atoms with Gasteiger partial charge < -0.3 is 9.47 Å². The molecule has 6 nitrogen and oxygen atoms in total. The van der Waals surface area contributed by atoms with Gasteiger partial charge in [-0.25, -0.2) is 13.2 Å². The Morgan fingerprint density at radius 1 is 1.27 bits per heavy atom. The van der Waals surface area contributed by atoms with E-state index in [1.54, 1.807) is 32.9 Å². The molecule has 122 valence electrons. The Morgan fingerprint density at radius 2 is 1.91 bits per heavy atom. The van der Waals surface area contributed by atoms with Crippen molar-refractivity contribution in [1.82, 2.24) is 4.31 Å². The van der Waals surface area contributed by atoms with Gasteiger partial charge in [0.15, 0.2) is 0 Å². The molecule has 1 heterocycles. The molecule has 0 amide bonds. The highest BCUT2D eigenvalue weighted by atomic mass is 32.2. The van der Waals surface area contributed by atoms with Crippen LogP contribution in [-0.2, 0) is 19.5 Å². The second-order valence-corrected chi connectivity index (χ2v) is 7.36. The van der Waals surface area contributed by atoms with Gasteiger partial charge in [-0.1, -0.05) is 6.07 Å². The molecular weight excluding hydrogens is 306 g/mol. The molecule has 0 bridgehead atoms. The molecule has 2 rings (SSSR count). The minimum absolute atomic E-state index is 0.146. The van der Waals surface area contributed by atoms with Crippen LogP contribution in [0.4, 0.5) is 0 Å². The zero-order chi connectivity index (χ0) is 16.3. The highest BCUT2D eigenvalue weighted by Gasteiger charge is 2.28. The predicted molar refractivity (Wildman–Crippen MR) is 81.3 cm³/mol. The van der Waals surface area contributed by atoms with E-state index in [9.17, 15) is 13.2 Å². The lowest BCUT2D eigenvalue weighted by molar-refractivity contribution is 0.0377. The summed E-state index contributed by atoms with van der Waals surface area (Å²) >= 11 is 0. The normalized spacial score (nSPS) is 16.7. The van der Waals surface area contributed by atoms with Crippen LogP contribution in [-0.4, -0.2) is 51.1 Å². The van der Waals surface area contributed by atoms with E-state index < -0.39 is 16.0 Å². The molecule has 1 saturated heterocycles. The third-order valence-corrected chi connectivity index (χ3v) is 5.40. The first kappa shape index (κ1) is 16.9. The summed E-state index contributed by atoms with van der Waals surface area (Å²) in [5.74, 6) is -0.520. The third kappa shape index (κ3) is 3.66. The standard InChI is InChI=1S/C15H21NO5S/c1-11(2)21-15(17)13-5-4-12(3)14(10-13)22(18,19)16-6-8-20-9-7-16/h4-5,10-11H,6-9H2,1-3H3. The van der Waals surface area contributed by atoms with Crippen LogP contribution in [0.5, 0.6) is 0 Å². The number of aryl methyl sites for hydroxylation is 1. The summed E-state index contributed by atoms with van der Waals surface area (Å²) in [5.41, 5.74) is 0.846.